The lowest BCUT2D eigenvalue weighted by atomic mass is 9.82. The quantitative estimate of drug-likeness (QED) is 0.414. The van der Waals surface area contributed by atoms with Crippen LogP contribution in [0.15, 0.2) is 42.7 Å². The normalized spacial score (nSPS) is 24.2. The summed E-state index contributed by atoms with van der Waals surface area (Å²) in [6.45, 7) is 1.15. The maximum Gasteiger partial charge on any atom is 0.586 e. The number of amides is 1. The van der Waals surface area contributed by atoms with Gasteiger partial charge in [0, 0.05) is 29.7 Å². The average molecular weight is 558 g/mol. The van der Waals surface area contributed by atoms with Gasteiger partial charge in [0.2, 0.25) is 5.91 Å². The van der Waals surface area contributed by atoms with Crippen LogP contribution in [0.4, 0.5) is 8.78 Å². The first-order chi connectivity index (χ1) is 19.1. The largest absolute Gasteiger partial charge is 0.586 e. The number of hydrogen-bond donors (Lipinski definition) is 3. The summed E-state index contributed by atoms with van der Waals surface area (Å²) in [5.74, 6) is 0.549. The lowest BCUT2D eigenvalue weighted by Gasteiger charge is -2.34. The fourth-order valence-corrected chi connectivity index (χ4v) is 5.01. The SMILES string of the molecule is COc1ccc2c(c1)O[C@@H](c1cnc(C(O)CO)cn1)C[C@H]2NC(=O)C1(C)COc2cc3c(cc21)OC(F)(F)O3. The van der Waals surface area contributed by atoms with Crippen LogP contribution in [0.25, 0.3) is 0 Å². The molecule has 4 heterocycles. The number of benzene rings is 2. The number of alkyl halides is 2. The molecule has 3 aliphatic rings. The van der Waals surface area contributed by atoms with Crippen molar-refractivity contribution in [3.8, 4) is 28.7 Å². The van der Waals surface area contributed by atoms with Crippen molar-refractivity contribution in [2.45, 2.75) is 43.3 Å². The van der Waals surface area contributed by atoms with Gasteiger partial charge in [0.25, 0.3) is 0 Å². The standard InChI is InChI=1S/C27H25F2N3O8/c1-26(12-37-21-8-24-23(6-15(21)26)39-27(28,29)40-24)25(35)32-16-7-22(18-10-30-17(9-31-18)19(34)11-33)38-20-5-13(36-2)3-4-14(16)20/h3-6,8-10,16,19,22,33-34H,7,11-12H2,1-2H3,(H,32,35)/t16-,19?,22-,26?/m1/s1. The summed E-state index contributed by atoms with van der Waals surface area (Å²) in [5, 5.41) is 22.1. The molecule has 0 fully saturated rings. The molecule has 3 N–H and O–H groups in total. The number of nitrogens with zero attached hydrogens (tertiary/aromatic N) is 2. The second-order valence-electron chi connectivity index (χ2n) is 9.92. The lowest BCUT2D eigenvalue weighted by Crippen LogP contribution is -2.46. The summed E-state index contributed by atoms with van der Waals surface area (Å²) in [7, 11) is 1.53. The maximum atomic E-state index is 13.8. The molecule has 1 amide bonds. The smallest absolute Gasteiger partial charge is 0.497 e. The van der Waals surface area contributed by atoms with Crippen LogP contribution in [0.3, 0.4) is 0 Å². The minimum absolute atomic E-state index is 0.0182. The van der Waals surface area contributed by atoms with Crippen LogP contribution in [0.1, 0.15) is 54.1 Å². The highest BCUT2D eigenvalue weighted by Gasteiger charge is 2.49. The van der Waals surface area contributed by atoms with Gasteiger partial charge in [0.05, 0.1) is 43.5 Å². The van der Waals surface area contributed by atoms with Crippen molar-refractivity contribution < 1.29 is 47.5 Å². The second-order valence-corrected chi connectivity index (χ2v) is 9.92. The summed E-state index contributed by atoms with van der Waals surface area (Å²) in [4.78, 5) is 22.3. The Hall–Kier alpha value is -4.23. The van der Waals surface area contributed by atoms with Crippen molar-refractivity contribution in [2.75, 3.05) is 20.3 Å². The van der Waals surface area contributed by atoms with Crippen molar-refractivity contribution >= 4 is 5.91 Å². The van der Waals surface area contributed by atoms with E-state index in [2.05, 4.69) is 24.8 Å². The number of aliphatic hydroxyl groups is 2. The minimum atomic E-state index is -3.80. The van der Waals surface area contributed by atoms with Crippen LogP contribution in [0.2, 0.25) is 0 Å². The van der Waals surface area contributed by atoms with Crippen LogP contribution >= 0.6 is 0 Å². The molecule has 0 radical (unpaired) electrons. The van der Waals surface area contributed by atoms with Crippen molar-refractivity contribution in [2.24, 2.45) is 0 Å². The Morgan fingerprint density at radius 2 is 1.93 bits per heavy atom. The predicted molar refractivity (Wildman–Crippen MR) is 131 cm³/mol. The summed E-state index contributed by atoms with van der Waals surface area (Å²) < 4.78 is 53.6. The molecule has 0 saturated carbocycles. The number of carbonyl (C=O) groups is 1. The van der Waals surface area contributed by atoms with Crippen LogP contribution in [0, 0.1) is 0 Å². The molecular formula is C27H25F2N3O8. The number of carbonyl (C=O) groups excluding carboxylic acids is 1. The molecule has 210 valence electrons. The van der Waals surface area contributed by atoms with E-state index < -0.39 is 42.5 Å². The first-order valence-electron chi connectivity index (χ1n) is 12.4. The van der Waals surface area contributed by atoms with Gasteiger partial charge in [-0.3, -0.25) is 14.8 Å². The van der Waals surface area contributed by atoms with Gasteiger partial charge in [0.1, 0.15) is 41.5 Å². The van der Waals surface area contributed by atoms with Crippen molar-refractivity contribution in [3.63, 3.8) is 0 Å². The zero-order valence-corrected chi connectivity index (χ0v) is 21.4. The average Bonchev–Trinajstić information content (AvgIpc) is 3.45. The van der Waals surface area contributed by atoms with Gasteiger partial charge >= 0.3 is 6.29 Å². The monoisotopic (exact) mass is 557 g/mol. The van der Waals surface area contributed by atoms with Gasteiger partial charge in [-0.1, -0.05) is 0 Å². The number of methoxy groups -OCH3 is 1. The Kier molecular flexibility index (Phi) is 6.15. The Labute approximate surface area is 226 Å². The molecule has 2 unspecified atom stereocenters. The highest BCUT2D eigenvalue weighted by molar-refractivity contribution is 5.90. The predicted octanol–water partition coefficient (Wildman–Crippen LogP) is 2.86. The molecule has 6 rings (SSSR count). The minimum Gasteiger partial charge on any atom is -0.497 e. The summed E-state index contributed by atoms with van der Waals surface area (Å²) in [6.07, 6.45) is -2.48. The maximum absolute atomic E-state index is 13.8. The van der Waals surface area contributed by atoms with Gasteiger partial charge in [-0.15, -0.1) is 8.78 Å². The van der Waals surface area contributed by atoms with Crippen LogP contribution in [-0.4, -0.2) is 52.7 Å². The third kappa shape index (κ3) is 4.40. The number of hydrogen-bond acceptors (Lipinski definition) is 10. The van der Waals surface area contributed by atoms with Crippen molar-refractivity contribution in [1.29, 1.82) is 0 Å². The molecule has 1 aromatic heterocycles. The summed E-state index contributed by atoms with van der Waals surface area (Å²) in [6, 6.07) is 7.37. The molecule has 11 nitrogen and oxygen atoms in total. The van der Waals surface area contributed by atoms with Gasteiger partial charge in [0.15, 0.2) is 11.5 Å². The summed E-state index contributed by atoms with van der Waals surface area (Å²) >= 11 is 0. The van der Waals surface area contributed by atoms with Crippen LogP contribution in [-0.2, 0) is 10.2 Å². The van der Waals surface area contributed by atoms with Crippen molar-refractivity contribution in [1.82, 2.24) is 15.3 Å². The number of nitrogens with one attached hydrogen (secondary N) is 1. The highest BCUT2D eigenvalue weighted by atomic mass is 19.3. The first-order valence-corrected chi connectivity index (χ1v) is 12.4. The van der Waals surface area contributed by atoms with E-state index >= 15 is 0 Å². The summed E-state index contributed by atoms with van der Waals surface area (Å²) in [5.41, 5.74) is 0.552. The van der Waals surface area contributed by atoms with E-state index in [1.165, 1.54) is 31.6 Å². The topological polar surface area (TPSA) is 141 Å². The molecular weight excluding hydrogens is 532 g/mol. The van der Waals surface area contributed by atoms with E-state index in [4.69, 9.17) is 14.2 Å². The molecule has 2 aromatic carbocycles. The van der Waals surface area contributed by atoms with Crippen LogP contribution < -0.4 is 29.0 Å². The molecule has 3 aliphatic heterocycles. The molecule has 3 aromatic rings. The van der Waals surface area contributed by atoms with E-state index in [0.29, 0.717) is 34.7 Å². The van der Waals surface area contributed by atoms with Gasteiger partial charge in [-0.05, 0) is 25.1 Å². The van der Waals surface area contributed by atoms with Gasteiger partial charge in [-0.2, -0.15) is 0 Å². The highest BCUT2D eigenvalue weighted by Crippen LogP contribution is 2.50. The molecule has 4 atom stereocenters. The molecule has 0 aliphatic carbocycles. The Bertz CT molecular complexity index is 1470. The van der Waals surface area contributed by atoms with E-state index in [9.17, 15) is 23.8 Å². The van der Waals surface area contributed by atoms with Gasteiger partial charge < -0.3 is 39.2 Å². The third-order valence-corrected chi connectivity index (χ3v) is 7.27. The van der Waals surface area contributed by atoms with Crippen molar-refractivity contribution in [3.05, 3.63) is 65.2 Å². The third-order valence-electron chi connectivity index (χ3n) is 7.27. The fraction of sp³-hybridized carbons (Fsp3) is 0.370. The van der Waals surface area contributed by atoms with E-state index in [1.807, 2.05) is 0 Å². The number of aromatic nitrogens is 2. The zero-order valence-electron chi connectivity index (χ0n) is 21.4. The zero-order chi connectivity index (χ0) is 28.2. The molecule has 0 bridgehead atoms. The number of halogens is 2. The first kappa shape index (κ1) is 26.0. The number of rotatable bonds is 6. The Morgan fingerprint density at radius 1 is 1.15 bits per heavy atom. The fourth-order valence-electron chi connectivity index (χ4n) is 5.01. The lowest BCUT2D eigenvalue weighted by molar-refractivity contribution is -0.286. The van der Waals surface area contributed by atoms with E-state index in [0.717, 1.165) is 0 Å². The Balaban J connectivity index is 1.29. The molecule has 0 saturated heterocycles. The second kappa shape index (κ2) is 9.45. The number of aliphatic hydroxyl groups excluding tert-OH is 2. The number of fused-ring (bicyclic) bond motifs is 3. The van der Waals surface area contributed by atoms with E-state index in [-0.39, 0.29) is 29.5 Å². The molecule has 13 heteroatoms. The molecule has 40 heavy (non-hydrogen) atoms. The number of ether oxygens (including phenoxy) is 5. The van der Waals surface area contributed by atoms with Gasteiger partial charge in [-0.25, -0.2) is 0 Å². The Morgan fingerprint density at radius 3 is 2.62 bits per heavy atom. The molecule has 0 spiro atoms. The van der Waals surface area contributed by atoms with Crippen LogP contribution in [0.5, 0.6) is 28.7 Å². The van der Waals surface area contributed by atoms with E-state index in [1.54, 1.807) is 25.1 Å².